The summed E-state index contributed by atoms with van der Waals surface area (Å²) in [4.78, 5) is 119. The van der Waals surface area contributed by atoms with Gasteiger partial charge in [0, 0.05) is 34.7 Å². The molecule has 37 nitrogen and oxygen atoms in total. The molecular formula is C72H86ClN9O28. The lowest BCUT2D eigenvalue weighted by molar-refractivity contribution is -0.354. The molecule has 3 fully saturated rings. The molecule has 0 saturated carbocycles. The molecule has 0 radical (unpaired) electrons. The molecule has 8 aliphatic rings. The van der Waals surface area contributed by atoms with E-state index in [9.17, 15) is 80.5 Å². The first kappa shape index (κ1) is 81.3. The van der Waals surface area contributed by atoms with Gasteiger partial charge in [0.2, 0.25) is 53.4 Å². The number of carbonyl (C=O) groups excluding carboxylic acids is 7. The number of primary amides is 1. The minimum atomic E-state index is -2.38. The molecule has 23 atom stereocenters. The number of benzene rings is 5. The number of aliphatic hydroxyl groups is 8. The second-order valence-corrected chi connectivity index (χ2v) is 28.8. The number of ether oxygens (including phenoxy) is 8. The van der Waals surface area contributed by atoms with Crippen molar-refractivity contribution in [1.82, 2.24) is 37.2 Å². The zero-order valence-electron chi connectivity index (χ0n) is 59.6. The summed E-state index contributed by atoms with van der Waals surface area (Å²) in [5.74, 6) is -16.0. The highest BCUT2D eigenvalue weighted by molar-refractivity contribution is 6.32. The number of hydrogen-bond donors (Lipinski definition) is 21. The van der Waals surface area contributed by atoms with Crippen molar-refractivity contribution < 1.29 is 138 Å². The molecular weight excluding hydrogens is 1470 g/mol. The van der Waals surface area contributed by atoms with Crippen molar-refractivity contribution in [1.29, 1.82) is 0 Å². The number of fused-ring (bicyclic) bond motifs is 15. The molecule has 3 saturated heterocycles. The Kier molecular flexibility index (Phi) is 24.5. The van der Waals surface area contributed by atoms with E-state index < -0.39 is 262 Å². The highest BCUT2D eigenvalue weighted by Crippen LogP contribution is 2.49. The van der Waals surface area contributed by atoms with Crippen LogP contribution in [0.5, 0.6) is 46.0 Å². The van der Waals surface area contributed by atoms with E-state index in [1.54, 1.807) is 0 Å². The average molecular weight is 1560 g/mol. The molecule has 5 aromatic rings. The Morgan fingerprint density at radius 3 is 1.97 bits per heavy atom. The number of nitrogens with two attached hydrogens (primary N) is 2. The fraction of sp³-hybridized carbons (Fsp3) is 0.472. The van der Waals surface area contributed by atoms with E-state index in [1.165, 1.54) is 64.2 Å². The normalized spacial score (nSPS) is 32.2. The SMILES string of the molecule is CN[C@H](CC(C)C)C(=O)N[C@H]1C(=O)N[C@@H](CC(N)=O)C(=O)N[C@H]2C(=O)N[C@H]3C(=O)N[C@H](C(=O)N[C@H](C(=O)O)c4cc(O)cc(O)c4-c4cc3ccc4O)[C@H](O[C@H]3C[C@](C)(N)[C@@H](O)[C@H](C)O3)c3ccc(cc3)Oc3cc2cc(c3O[C@@H]2O[C@H](CO)[C@@H](O)[C@H](O)[C@H]2O[C@@H]2O[C@@H](C)[C@H](O)[C@@H](O)[C@H]2O)Oc2ccc(cc2Cl)[C@H]1O. The Labute approximate surface area is 631 Å². The van der Waals surface area contributed by atoms with Gasteiger partial charge in [0.15, 0.2) is 36.2 Å². The summed E-state index contributed by atoms with van der Waals surface area (Å²) in [6.07, 6.45) is -28.3. The molecule has 23 N–H and O–H groups in total. The van der Waals surface area contributed by atoms with Crippen molar-refractivity contribution in [2.24, 2.45) is 17.4 Å². The van der Waals surface area contributed by atoms with Crippen LogP contribution in [0.15, 0.2) is 84.9 Å². The van der Waals surface area contributed by atoms with Gasteiger partial charge in [0.25, 0.3) is 0 Å². The summed E-state index contributed by atoms with van der Waals surface area (Å²) in [6, 6.07) is 0.905. The maximum absolute atomic E-state index is 16.3. The summed E-state index contributed by atoms with van der Waals surface area (Å²) in [5, 5.41) is 153. The molecule has 5 aromatic carbocycles. The Morgan fingerprint density at radius 2 is 1.33 bits per heavy atom. The van der Waals surface area contributed by atoms with Crippen LogP contribution in [0.1, 0.15) is 112 Å². The molecule has 8 heterocycles. The molecule has 7 amide bonds. The van der Waals surface area contributed by atoms with Crippen molar-refractivity contribution in [3.63, 3.8) is 0 Å². The Morgan fingerprint density at radius 1 is 0.673 bits per heavy atom. The third-order valence-corrected chi connectivity index (χ3v) is 20.1. The van der Waals surface area contributed by atoms with Crippen LogP contribution < -0.4 is 62.9 Å². The Balaban J connectivity index is 1.18. The average Bonchev–Trinajstić information content (AvgIpc) is 0.763. The topological polar surface area (TPSA) is 589 Å². The standard InChI is InChI=1S/C72H86ClN9O28/c1-25(2)15-37(76-6)63(95)81-51-54(89)30-10-14-41(36(73)17-30)106-43-19-31-18-42(60(43)109-71-61(57(92)55(90)44(24-83)107-71)110-70-58(93)56(91)53(88)26(3)104-70)105-33-11-7-28(8-12-33)59(108-46-23-72(5,75)62(94)27(4)103-46)52-68(100)80-50(69(101)102)35-20-32(84)21-40(86)47(35)34-16-29(9-13-39(34)85)48(65(97)82-52)79-66(98)49(31)78-64(96)38(22-45(74)87)77-67(51)99/h7-14,16-21,25-27,37-38,44,46,48-59,61-62,70-71,76,83-86,88-94H,15,22-24,75H2,1-6H3,(H2,74,87)(H,77,99)(H,78,96)(H,79,98)(H,80,100)(H,81,95)(H,82,97)(H,101,102)/t26-,27-,37+,38-,44+,46-,48+,49+,50-,51+,52-,53-,54+,55+,56+,57-,58+,59+,61+,62-,70-,71-,72-/m0/s1. The summed E-state index contributed by atoms with van der Waals surface area (Å²) < 4.78 is 50.8. The van der Waals surface area contributed by atoms with E-state index in [0.29, 0.717) is 0 Å². The minimum absolute atomic E-state index is 0.0709. The summed E-state index contributed by atoms with van der Waals surface area (Å²) in [5.41, 5.74) is 8.22. The monoisotopic (exact) mass is 1560 g/mol. The van der Waals surface area contributed by atoms with Crippen molar-refractivity contribution in [2.75, 3.05) is 13.7 Å². The van der Waals surface area contributed by atoms with Gasteiger partial charge in [-0.3, -0.25) is 33.6 Å². The summed E-state index contributed by atoms with van der Waals surface area (Å²) in [7, 11) is 1.46. The molecule has 0 spiro atoms. The molecule has 110 heavy (non-hydrogen) atoms. The first-order chi connectivity index (χ1) is 51.9. The van der Waals surface area contributed by atoms with Gasteiger partial charge in [-0.05, 0) is 117 Å². The first-order valence-electron chi connectivity index (χ1n) is 34.9. The number of aliphatic carboxylic acids is 1. The Bertz CT molecular complexity index is 4330. The van der Waals surface area contributed by atoms with Crippen molar-refractivity contribution in [2.45, 2.75) is 194 Å². The number of phenolic OH excluding ortho intramolecular Hbond substituents is 3. The van der Waals surface area contributed by atoms with E-state index in [2.05, 4.69) is 37.2 Å². The van der Waals surface area contributed by atoms with E-state index in [1.807, 2.05) is 13.8 Å². The van der Waals surface area contributed by atoms with Gasteiger partial charge in [-0.1, -0.05) is 49.7 Å². The van der Waals surface area contributed by atoms with Crippen molar-refractivity contribution in [3.8, 4) is 57.1 Å². The summed E-state index contributed by atoms with van der Waals surface area (Å²) in [6.45, 7) is 6.83. The number of carbonyl (C=O) groups is 8. The minimum Gasteiger partial charge on any atom is -0.508 e. The first-order valence-corrected chi connectivity index (χ1v) is 35.3. The van der Waals surface area contributed by atoms with Crippen molar-refractivity contribution in [3.05, 3.63) is 118 Å². The maximum Gasteiger partial charge on any atom is 0.330 e. The highest BCUT2D eigenvalue weighted by Gasteiger charge is 2.53. The number of nitrogens with one attached hydrogen (secondary N) is 7. The predicted octanol–water partition coefficient (Wildman–Crippen LogP) is -1.70. The molecule has 13 rings (SSSR count). The molecule has 594 valence electrons. The van der Waals surface area contributed by atoms with Gasteiger partial charge in [0.1, 0.15) is 108 Å². The zero-order chi connectivity index (χ0) is 80.0. The molecule has 8 aliphatic heterocycles. The molecule has 38 heteroatoms. The third kappa shape index (κ3) is 17.1. The molecule has 11 bridgehead atoms. The van der Waals surface area contributed by atoms with Crippen LogP contribution in [0.2, 0.25) is 5.02 Å². The smallest absolute Gasteiger partial charge is 0.330 e. The molecule has 0 aliphatic carbocycles. The number of rotatable bonds is 15. The second kappa shape index (κ2) is 33.1. The van der Waals surface area contributed by atoms with E-state index in [0.717, 1.165) is 48.5 Å². The van der Waals surface area contributed by atoms with Gasteiger partial charge >= 0.3 is 5.97 Å². The highest BCUT2D eigenvalue weighted by atomic mass is 35.5. The van der Waals surface area contributed by atoms with Crippen LogP contribution in [0.4, 0.5) is 0 Å². The predicted molar refractivity (Wildman–Crippen MR) is 376 cm³/mol. The number of amides is 7. The van der Waals surface area contributed by atoms with Crippen LogP contribution >= 0.6 is 11.6 Å². The number of likely N-dealkylation sites (N-methyl/N-ethyl adjacent to an activating group) is 1. The van der Waals surface area contributed by atoms with E-state index in [-0.39, 0.29) is 46.9 Å². The lowest BCUT2D eigenvalue weighted by atomic mass is 9.86. The fourth-order valence-electron chi connectivity index (χ4n) is 13.9. The number of aromatic hydroxyl groups is 3. The van der Waals surface area contributed by atoms with Crippen LogP contribution in [-0.2, 0) is 62.0 Å². The van der Waals surface area contributed by atoms with Gasteiger partial charge < -0.3 is 148 Å². The van der Waals surface area contributed by atoms with Crippen LogP contribution in [-0.4, -0.2) is 232 Å². The third-order valence-electron chi connectivity index (χ3n) is 19.8. The van der Waals surface area contributed by atoms with E-state index in [4.69, 9.17) is 61.0 Å². The quantitative estimate of drug-likeness (QED) is 0.0556. The molecule has 0 unspecified atom stereocenters. The number of phenols is 3. The lowest BCUT2D eigenvalue weighted by Gasteiger charge is -2.45. The van der Waals surface area contributed by atoms with Crippen molar-refractivity contribution >= 4 is 58.9 Å². The largest absolute Gasteiger partial charge is 0.508 e. The van der Waals surface area contributed by atoms with Crippen LogP contribution in [0.25, 0.3) is 11.1 Å². The fourth-order valence-corrected chi connectivity index (χ4v) is 14.1. The Hall–Kier alpha value is -9.65. The number of carboxylic acids is 1. The number of halogens is 1. The van der Waals surface area contributed by atoms with Crippen LogP contribution in [0.3, 0.4) is 0 Å². The number of carboxylic acid groups (broad SMARTS) is 1. The van der Waals surface area contributed by atoms with Gasteiger partial charge in [-0.2, -0.15) is 0 Å². The lowest BCUT2D eigenvalue weighted by Crippen LogP contribution is -2.64. The van der Waals surface area contributed by atoms with Crippen LogP contribution in [0, 0.1) is 5.92 Å². The van der Waals surface area contributed by atoms with Gasteiger partial charge in [-0.25, -0.2) is 4.79 Å². The maximum atomic E-state index is 16.3. The van der Waals surface area contributed by atoms with E-state index >= 15 is 19.2 Å². The van der Waals surface area contributed by atoms with Gasteiger partial charge in [0.05, 0.1) is 42.4 Å². The zero-order valence-corrected chi connectivity index (χ0v) is 60.4. The number of aliphatic hydroxyl groups excluding tert-OH is 8. The summed E-state index contributed by atoms with van der Waals surface area (Å²) >= 11 is 7.10. The molecule has 0 aromatic heterocycles. The number of hydrogen-bond acceptors (Lipinski definition) is 29. The van der Waals surface area contributed by atoms with Gasteiger partial charge in [-0.15, -0.1) is 0 Å². The second-order valence-electron chi connectivity index (χ2n) is 28.4.